The topological polar surface area (TPSA) is 47.6 Å². The van der Waals surface area contributed by atoms with Crippen molar-refractivity contribution in [2.75, 3.05) is 19.8 Å². The number of hydrogen-bond donors (Lipinski definition) is 1. The molecule has 13 heavy (non-hydrogen) atoms. The monoisotopic (exact) mass is 183 g/mol. The van der Waals surface area contributed by atoms with E-state index in [1.165, 1.54) is 0 Å². The van der Waals surface area contributed by atoms with Crippen molar-refractivity contribution in [2.24, 2.45) is 5.41 Å². The van der Waals surface area contributed by atoms with E-state index in [1.807, 2.05) is 0 Å². The van der Waals surface area contributed by atoms with Crippen LogP contribution < -0.4 is 5.32 Å². The van der Waals surface area contributed by atoms with Gasteiger partial charge in [-0.3, -0.25) is 4.79 Å². The smallest absolute Gasteiger partial charge is 0.231 e. The number of nitrogens with one attached hydrogen (secondary N) is 1. The van der Waals surface area contributed by atoms with Crippen LogP contribution in [0.2, 0.25) is 0 Å². The molecule has 2 spiro atoms. The van der Waals surface area contributed by atoms with Crippen LogP contribution in [0.5, 0.6) is 0 Å². The van der Waals surface area contributed by atoms with Crippen molar-refractivity contribution >= 4 is 5.91 Å². The summed E-state index contributed by atoms with van der Waals surface area (Å²) in [5.41, 5.74) is -0.344. The van der Waals surface area contributed by atoms with Gasteiger partial charge in [-0.1, -0.05) is 6.42 Å². The SMILES string of the molecule is O=C1NCC2(OCCO2)C12CCC2. The standard InChI is InChI=1S/C9H13NO3/c11-7-8(2-1-3-8)9(6-10-7)12-4-5-13-9/h1-6H2,(H,10,11). The van der Waals surface area contributed by atoms with Gasteiger partial charge in [-0.25, -0.2) is 0 Å². The lowest BCUT2D eigenvalue weighted by molar-refractivity contribution is -0.230. The Kier molecular flexibility index (Phi) is 1.34. The third-order valence-electron chi connectivity index (χ3n) is 3.61. The molecule has 1 amide bonds. The molecule has 2 saturated heterocycles. The third-order valence-corrected chi connectivity index (χ3v) is 3.61. The molecule has 0 aromatic carbocycles. The molecule has 0 aromatic rings. The lowest BCUT2D eigenvalue weighted by Gasteiger charge is -2.44. The molecule has 3 aliphatic rings. The van der Waals surface area contributed by atoms with Crippen molar-refractivity contribution in [3.05, 3.63) is 0 Å². The normalized spacial score (nSPS) is 33.7. The van der Waals surface area contributed by atoms with Gasteiger partial charge in [0, 0.05) is 0 Å². The van der Waals surface area contributed by atoms with Crippen molar-refractivity contribution in [1.29, 1.82) is 0 Å². The van der Waals surface area contributed by atoms with E-state index in [2.05, 4.69) is 5.32 Å². The quantitative estimate of drug-likeness (QED) is 0.576. The molecule has 2 heterocycles. The number of fused-ring (bicyclic) bond motifs is 1. The number of rotatable bonds is 0. The molecule has 3 fully saturated rings. The molecule has 4 nitrogen and oxygen atoms in total. The Morgan fingerprint density at radius 1 is 1.23 bits per heavy atom. The molecule has 0 bridgehead atoms. The summed E-state index contributed by atoms with van der Waals surface area (Å²) >= 11 is 0. The Morgan fingerprint density at radius 2 is 1.92 bits per heavy atom. The Morgan fingerprint density at radius 3 is 2.46 bits per heavy atom. The molecule has 0 aromatic heterocycles. The van der Waals surface area contributed by atoms with Crippen LogP contribution >= 0.6 is 0 Å². The first-order chi connectivity index (χ1) is 6.29. The fourth-order valence-electron chi connectivity index (χ4n) is 2.68. The predicted molar refractivity (Wildman–Crippen MR) is 43.9 cm³/mol. The Hall–Kier alpha value is -0.610. The number of carbonyl (C=O) groups excluding carboxylic acids is 1. The summed E-state index contributed by atoms with van der Waals surface area (Å²) in [5, 5.41) is 2.86. The fraction of sp³-hybridized carbons (Fsp3) is 0.889. The van der Waals surface area contributed by atoms with Gasteiger partial charge >= 0.3 is 0 Å². The van der Waals surface area contributed by atoms with Crippen LogP contribution in [-0.2, 0) is 14.3 Å². The van der Waals surface area contributed by atoms with Crippen LogP contribution in [0.25, 0.3) is 0 Å². The third kappa shape index (κ3) is 0.718. The molecular weight excluding hydrogens is 170 g/mol. The largest absolute Gasteiger partial charge is 0.350 e. The van der Waals surface area contributed by atoms with Gasteiger partial charge in [0.15, 0.2) is 0 Å². The molecule has 0 atom stereocenters. The molecule has 0 radical (unpaired) electrons. The first-order valence-electron chi connectivity index (χ1n) is 4.85. The zero-order chi connectivity index (χ0) is 8.94. The summed E-state index contributed by atoms with van der Waals surface area (Å²) in [5.74, 6) is -0.483. The highest BCUT2D eigenvalue weighted by Gasteiger charge is 2.67. The van der Waals surface area contributed by atoms with Crippen LogP contribution in [0.15, 0.2) is 0 Å². The zero-order valence-corrected chi connectivity index (χ0v) is 7.47. The lowest BCUT2D eigenvalue weighted by atomic mass is 9.64. The zero-order valence-electron chi connectivity index (χ0n) is 7.47. The van der Waals surface area contributed by atoms with Crippen LogP contribution in [0.4, 0.5) is 0 Å². The van der Waals surface area contributed by atoms with Gasteiger partial charge in [-0.15, -0.1) is 0 Å². The second-order valence-corrected chi connectivity index (χ2v) is 4.07. The Labute approximate surface area is 76.6 Å². The minimum absolute atomic E-state index is 0.126. The van der Waals surface area contributed by atoms with Crippen LogP contribution in [0.3, 0.4) is 0 Å². The van der Waals surface area contributed by atoms with Crippen molar-refractivity contribution in [3.63, 3.8) is 0 Å². The van der Waals surface area contributed by atoms with E-state index in [-0.39, 0.29) is 11.3 Å². The number of ether oxygens (including phenoxy) is 2. The van der Waals surface area contributed by atoms with E-state index >= 15 is 0 Å². The Balaban J connectivity index is 1.99. The van der Waals surface area contributed by atoms with Gasteiger partial charge in [0.25, 0.3) is 0 Å². The minimum atomic E-state index is -0.609. The van der Waals surface area contributed by atoms with Gasteiger partial charge in [0.05, 0.1) is 19.8 Å². The van der Waals surface area contributed by atoms with E-state index in [0.717, 1.165) is 19.3 Å². The van der Waals surface area contributed by atoms with Crippen LogP contribution in [0.1, 0.15) is 19.3 Å². The molecule has 1 saturated carbocycles. The average molecular weight is 183 g/mol. The maximum absolute atomic E-state index is 11.7. The summed E-state index contributed by atoms with van der Waals surface area (Å²) < 4.78 is 11.2. The molecule has 0 unspecified atom stereocenters. The summed E-state index contributed by atoms with van der Waals surface area (Å²) in [7, 11) is 0. The van der Waals surface area contributed by atoms with E-state index in [4.69, 9.17) is 9.47 Å². The average Bonchev–Trinajstić information content (AvgIpc) is 2.58. The Bertz CT molecular complexity index is 254. The van der Waals surface area contributed by atoms with Gasteiger partial charge < -0.3 is 14.8 Å². The highest BCUT2D eigenvalue weighted by molar-refractivity contribution is 5.87. The molecule has 72 valence electrons. The minimum Gasteiger partial charge on any atom is -0.350 e. The number of amides is 1. The van der Waals surface area contributed by atoms with E-state index < -0.39 is 5.79 Å². The van der Waals surface area contributed by atoms with E-state index in [0.29, 0.717) is 19.8 Å². The van der Waals surface area contributed by atoms with Gasteiger partial charge in [0.2, 0.25) is 11.7 Å². The van der Waals surface area contributed by atoms with Crippen molar-refractivity contribution < 1.29 is 14.3 Å². The maximum atomic E-state index is 11.7. The number of hydrogen-bond acceptors (Lipinski definition) is 3. The molecule has 4 heteroatoms. The summed E-state index contributed by atoms with van der Waals surface area (Å²) in [6, 6.07) is 0. The molecule has 1 aliphatic carbocycles. The second kappa shape index (κ2) is 2.25. The first-order valence-corrected chi connectivity index (χ1v) is 4.85. The summed E-state index contributed by atoms with van der Waals surface area (Å²) in [6.07, 6.45) is 2.94. The molecule has 2 aliphatic heterocycles. The highest BCUT2D eigenvalue weighted by Crippen LogP contribution is 2.55. The van der Waals surface area contributed by atoms with Crippen molar-refractivity contribution in [3.8, 4) is 0 Å². The van der Waals surface area contributed by atoms with Gasteiger partial charge in [-0.05, 0) is 12.8 Å². The maximum Gasteiger partial charge on any atom is 0.231 e. The first kappa shape index (κ1) is 7.76. The fourth-order valence-corrected chi connectivity index (χ4v) is 2.68. The van der Waals surface area contributed by atoms with E-state index in [9.17, 15) is 4.79 Å². The van der Waals surface area contributed by atoms with Crippen molar-refractivity contribution in [1.82, 2.24) is 5.32 Å². The highest BCUT2D eigenvalue weighted by atomic mass is 16.7. The summed E-state index contributed by atoms with van der Waals surface area (Å²) in [4.78, 5) is 11.7. The molecular formula is C9H13NO3. The van der Waals surface area contributed by atoms with Crippen LogP contribution in [-0.4, -0.2) is 31.5 Å². The van der Waals surface area contributed by atoms with Crippen LogP contribution in [0, 0.1) is 5.41 Å². The summed E-state index contributed by atoms with van der Waals surface area (Å²) in [6.45, 7) is 1.78. The molecule has 3 rings (SSSR count). The molecule has 1 N–H and O–H groups in total. The van der Waals surface area contributed by atoms with Gasteiger partial charge in [-0.2, -0.15) is 0 Å². The van der Waals surface area contributed by atoms with Crippen molar-refractivity contribution in [2.45, 2.75) is 25.0 Å². The van der Waals surface area contributed by atoms with E-state index in [1.54, 1.807) is 0 Å². The predicted octanol–water partition coefficient (Wildman–Crippen LogP) is 0.0296. The second-order valence-electron chi connectivity index (χ2n) is 4.07. The number of carbonyl (C=O) groups is 1. The van der Waals surface area contributed by atoms with Gasteiger partial charge in [0.1, 0.15) is 5.41 Å². The lowest BCUT2D eigenvalue weighted by Crippen LogP contribution is -2.54.